The Balaban J connectivity index is 1.87. The van der Waals surface area contributed by atoms with Gasteiger partial charge in [-0.15, -0.1) is 0 Å². The fraction of sp³-hybridized carbons (Fsp3) is 0.500. The highest BCUT2D eigenvalue weighted by molar-refractivity contribution is 5.73. The van der Waals surface area contributed by atoms with Crippen LogP contribution < -0.4 is 11.1 Å². The first-order valence-corrected chi connectivity index (χ1v) is 5.84. The molecule has 2 rings (SSSR count). The highest BCUT2D eigenvalue weighted by Gasteiger charge is 2.22. The molecule has 1 fully saturated rings. The lowest BCUT2D eigenvalue weighted by atomic mass is 10.2. The number of likely N-dealkylation sites (tertiary alicyclic amines) is 1. The molecule has 5 nitrogen and oxygen atoms in total. The summed E-state index contributed by atoms with van der Waals surface area (Å²) in [6.45, 7) is 4.22. The van der Waals surface area contributed by atoms with E-state index in [1.165, 1.54) is 0 Å². The molecule has 0 radical (unpaired) electrons. The number of amides is 1. The Morgan fingerprint density at radius 2 is 2.47 bits per heavy atom. The largest absolute Gasteiger partial charge is 0.384 e. The van der Waals surface area contributed by atoms with Crippen LogP contribution in [0, 0.1) is 0 Å². The van der Waals surface area contributed by atoms with Gasteiger partial charge >= 0.3 is 0 Å². The Morgan fingerprint density at radius 3 is 3.18 bits per heavy atom. The molecule has 92 valence electrons. The number of carbonyl (C=O) groups is 1. The second-order valence-electron chi connectivity index (χ2n) is 4.48. The van der Waals surface area contributed by atoms with Crippen LogP contribution in [0.2, 0.25) is 0 Å². The van der Waals surface area contributed by atoms with E-state index in [-0.39, 0.29) is 11.9 Å². The van der Waals surface area contributed by atoms with Gasteiger partial charge in [-0.1, -0.05) is 6.07 Å². The predicted molar refractivity (Wildman–Crippen MR) is 66.1 cm³/mol. The molecule has 1 atom stereocenters. The first kappa shape index (κ1) is 11.9. The average Bonchev–Trinajstić information content (AvgIpc) is 2.64. The quantitative estimate of drug-likeness (QED) is 0.793. The van der Waals surface area contributed by atoms with E-state index in [0.29, 0.717) is 5.82 Å². The summed E-state index contributed by atoms with van der Waals surface area (Å²) < 4.78 is 0. The molecular weight excluding hydrogens is 216 g/mol. The van der Waals surface area contributed by atoms with Gasteiger partial charge in [0.15, 0.2) is 0 Å². The number of nitrogen functional groups attached to an aromatic ring is 1. The van der Waals surface area contributed by atoms with E-state index in [1.807, 2.05) is 12.1 Å². The van der Waals surface area contributed by atoms with E-state index in [2.05, 4.69) is 15.2 Å². The van der Waals surface area contributed by atoms with E-state index in [9.17, 15) is 4.79 Å². The zero-order valence-electron chi connectivity index (χ0n) is 10.0. The van der Waals surface area contributed by atoms with Gasteiger partial charge in [0.25, 0.3) is 0 Å². The minimum atomic E-state index is 0.0407. The molecule has 5 heteroatoms. The van der Waals surface area contributed by atoms with Gasteiger partial charge in [-0.2, -0.15) is 0 Å². The summed E-state index contributed by atoms with van der Waals surface area (Å²) in [6.07, 6.45) is 1.00. The lowest BCUT2D eigenvalue weighted by Crippen LogP contribution is -2.35. The normalized spacial score (nSPS) is 20.4. The molecule has 0 bridgehead atoms. The zero-order valence-corrected chi connectivity index (χ0v) is 10.0. The Hall–Kier alpha value is -1.62. The van der Waals surface area contributed by atoms with Crippen molar-refractivity contribution in [2.75, 3.05) is 18.8 Å². The summed E-state index contributed by atoms with van der Waals surface area (Å²) >= 11 is 0. The third kappa shape index (κ3) is 3.42. The standard InChI is InChI=1S/C12H18N4O/c1-9(17)14-11-5-6-16(8-11)7-10-3-2-4-12(13)15-10/h2-4,11H,5-8H2,1H3,(H2,13,15)(H,14,17). The third-order valence-electron chi connectivity index (χ3n) is 2.89. The second-order valence-corrected chi connectivity index (χ2v) is 4.48. The van der Waals surface area contributed by atoms with Crippen molar-refractivity contribution in [2.45, 2.75) is 25.9 Å². The fourth-order valence-electron chi connectivity index (χ4n) is 2.20. The summed E-state index contributed by atoms with van der Waals surface area (Å²) in [6, 6.07) is 5.95. The van der Waals surface area contributed by atoms with Gasteiger partial charge in [-0.05, 0) is 18.6 Å². The van der Waals surface area contributed by atoms with Gasteiger partial charge in [0.05, 0.1) is 5.69 Å². The van der Waals surface area contributed by atoms with E-state index in [4.69, 9.17) is 5.73 Å². The molecule has 1 aliphatic heterocycles. The number of carbonyl (C=O) groups excluding carboxylic acids is 1. The Bertz CT molecular complexity index is 407. The number of nitrogens with zero attached hydrogens (tertiary/aromatic N) is 2. The van der Waals surface area contributed by atoms with Crippen LogP contribution in [-0.2, 0) is 11.3 Å². The molecule has 3 N–H and O–H groups in total. The monoisotopic (exact) mass is 234 g/mol. The van der Waals surface area contributed by atoms with Gasteiger partial charge < -0.3 is 11.1 Å². The van der Waals surface area contributed by atoms with Gasteiger partial charge in [0.2, 0.25) is 5.91 Å². The molecule has 1 aromatic heterocycles. The van der Waals surface area contributed by atoms with Crippen LogP contribution in [0.3, 0.4) is 0 Å². The van der Waals surface area contributed by atoms with Crippen LogP contribution >= 0.6 is 0 Å². The molecule has 1 aromatic rings. The average molecular weight is 234 g/mol. The van der Waals surface area contributed by atoms with Crippen molar-refractivity contribution in [3.05, 3.63) is 23.9 Å². The maximum Gasteiger partial charge on any atom is 0.217 e. The van der Waals surface area contributed by atoms with Crippen LogP contribution in [0.1, 0.15) is 19.0 Å². The lowest BCUT2D eigenvalue weighted by Gasteiger charge is -2.15. The summed E-state index contributed by atoms with van der Waals surface area (Å²) in [4.78, 5) is 17.5. The number of hydrogen-bond acceptors (Lipinski definition) is 4. The van der Waals surface area contributed by atoms with E-state index in [0.717, 1.165) is 31.7 Å². The minimum absolute atomic E-state index is 0.0407. The number of anilines is 1. The molecule has 0 saturated carbocycles. The fourth-order valence-corrected chi connectivity index (χ4v) is 2.20. The Kier molecular flexibility index (Phi) is 3.58. The predicted octanol–water partition coefficient (Wildman–Crippen LogP) is 0.374. The smallest absolute Gasteiger partial charge is 0.217 e. The minimum Gasteiger partial charge on any atom is -0.384 e. The van der Waals surface area contributed by atoms with Crippen LogP contribution in [0.25, 0.3) is 0 Å². The molecule has 1 saturated heterocycles. The summed E-state index contributed by atoms with van der Waals surface area (Å²) in [7, 11) is 0. The number of pyridine rings is 1. The number of aromatic nitrogens is 1. The Labute approximate surface area is 101 Å². The molecule has 0 spiro atoms. The number of rotatable bonds is 3. The molecule has 2 heterocycles. The first-order valence-electron chi connectivity index (χ1n) is 5.84. The van der Waals surface area contributed by atoms with Crippen LogP contribution in [0.5, 0.6) is 0 Å². The van der Waals surface area contributed by atoms with Gasteiger partial charge in [-0.3, -0.25) is 9.69 Å². The number of hydrogen-bond donors (Lipinski definition) is 2. The van der Waals surface area contributed by atoms with Crippen LogP contribution in [0.15, 0.2) is 18.2 Å². The van der Waals surface area contributed by atoms with Gasteiger partial charge in [0, 0.05) is 32.6 Å². The van der Waals surface area contributed by atoms with Gasteiger partial charge in [-0.25, -0.2) is 4.98 Å². The highest BCUT2D eigenvalue weighted by Crippen LogP contribution is 2.13. The van der Waals surface area contributed by atoms with Crippen molar-refractivity contribution in [3.63, 3.8) is 0 Å². The number of nitrogens with one attached hydrogen (secondary N) is 1. The molecular formula is C12H18N4O. The topological polar surface area (TPSA) is 71.2 Å². The van der Waals surface area contributed by atoms with Gasteiger partial charge in [0.1, 0.15) is 5.82 Å². The summed E-state index contributed by atoms with van der Waals surface area (Å²) in [5.74, 6) is 0.596. The molecule has 1 amide bonds. The van der Waals surface area contributed by atoms with Crippen molar-refractivity contribution >= 4 is 11.7 Å². The van der Waals surface area contributed by atoms with Crippen LogP contribution in [0.4, 0.5) is 5.82 Å². The maximum absolute atomic E-state index is 11.0. The van der Waals surface area contributed by atoms with Crippen molar-refractivity contribution in [2.24, 2.45) is 0 Å². The molecule has 0 aromatic carbocycles. The second kappa shape index (κ2) is 5.14. The SMILES string of the molecule is CC(=O)NC1CCN(Cc2cccc(N)n2)C1. The molecule has 0 aliphatic carbocycles. The molecule has 17 heavy (non-hydrogen) atoms. The maximum atomic E-state index is 11.0. The Morgan fingerprint density at radius 1 is 1.65 bits per heavy atom. The molecule has 1 unspecified atom stereocenters. The third-order valence-corrected chi connectivity index (χ3v) is 2.89. The van der Waals surface area contributed by atoms with Crippen molar-refractivity contribution in [1.82, 2.24) is 15.2 Å². The van der Waals surface area contributed by atoms with Crippen molar-refractivity contribution in [3.8, 4) is 0 Å². The van der Waals surface area contributed by atoms with E-state index in [1.54, 1.807) is 13.0 Å². The number of nitrogens with two attached hydrogens (primary N) is 1. The zero-order chi connectivity index (χ0) is 12.3. The lowest BCUT2D eigenvalue weighted by molar-refractivity contribution is -0.119. The summed E-state index contributed by atoms with van der Waals surface area (Å²) in [5, 5.41) is 2.94. The highest BCUT2D eigenvalue weighted by atomic mass is 16.1. The first-order chi connectivity index (χ1) is 8.13. The summed E-state index contributed by atoms with van der Waals surface area (Å²) in [5.41, 5.74) is 6.62. The van der Waals surface area contributed by atoms with Crippen molar-refractivity contribution < 1.29 is 4.79 Å². The van der Waals surface area contributed by atoms with Crippen molar-refractivity contribution in [1.29, 1.82) is 0 Å². The molecule has 1 aliphatic rings. The van der Waals surface area contributed by atoms with Crippen LogP contribution in [-0.4, -0.2) is 34.9 Å². The van der Waals surface area contributed by atoms with E-state index >= 15 is 0 Å². The van der Waals surface area contributed by atoms with E-state index < -0.39 is 0 Å².